The van der Waals surface area contributed by atoms with Crippen LogP contribution in [0.3, 0.4) is 0 Å². The van der Waals surface area contributed by atoms with Crippen molar-refractivity contribution in [3.05, 3.63) is 35.9 Å². The van der Waals surface area contributed by atoms with E-state index in [2.05, 4.69) is 54.4 Å². The third-order valence-electron chi connectivity index (χ3n) is 4.40. The van der Waals surface area contributed by atoms with E-state index in [4.69, 9.17) is 5.73 Å². The molecule has 2 rings (SSSR count). The maximum absolute atomic E-state index is 5.77. The number of hydrogen-bond acceptors (Lipinski definition) is 3. The maximum Gasteiger partial charge on any atom is 0.0201 e. The van der Waals surface area contributed by atoms with Crippen LogP contribution in [0.25, 0.3) is 0 Å². The Morgan fingerprint density at radius 3 is 2.67 bits per heavy atom. The Labute approximate surface area is 129 Å². The molecule has 0 bridgehead atoms. The van der Waals surface area contributed by atoms with Crippen molar-refractivity contribution >= 4 is 0 Å². The van der Waals surface area contributed by atoms with Gasteiger partial charge in [0.2, 0.25) is 0 Å². The summed E-state index contributed by atoms with van der Waals surface area (Å²) in [4.78, 5) is 2.52. The molecule has 3 nitrogen and oxygen atoms in total. The Morgan fingerprint density at radius 2 is 2.00 bits per heavy atom. The second-order valence-electron chi connectivity index (χ2n) is 6.73. The van der Waals surface area contributed by atoms with Crippen molar-refractivity contribution in [1.29, 1.82) is 0 Å². The molecular formula is C18H31N3. The van der Waals surface area contributed by atoms with Crippen molar-refractivity contribution in [2.45, 2.75) is 38.6 Å². The van der Waals surface area contributed by atoms with E-state index in [1.807, 2.05) is 0 Å². The molecule has 2 unspecified atom stereocenters. The van der Waals surface area contributed by atoms with Crippen molar-refractivity contribution in [3.63, 3.8) is 0 Å². The smallest absolute Gasteiger partial charge is 0.0201 e. The summed E-state index contributed by atoms with van der Waals surface area (Å²) in [7, 11) is 0. The normalized spacial score (nSPS) is 23.6. The SMILES string of the molecule is CC(C)CCNC1CC(c2ccccc2)CN(CCN)C1. The molecule has 3 N–H and O–H groups in total. The van der Waals surface area contributed by atoms with Crippen LogP contribution in [0.15, 0.2) is 30.3 Å². The molecule has 118 valence electrons. The van der Waals surface area contributed by atoms with E-state index >= 15 is 0 Å². The molecule has 0 amide bonds. The molecule has 0 saturated carbocycles. The summed E-state index contributed by atoms with van der Waals surface area (Å²) >= 11 is 0. The summed E-state index contributed by atoms with van der Waals surface area (Å²) in [5, 5.41) is 3.76. The van der Waals surface area contributed by atoms with Crippen molar-refractivity contribution in [2.75, 3.05) is 32.7 Å². The first kappa shape index (κ1) is 16.5. The highest BCUT2D eigenvalue weighted by molar-refractivity contribution is 5.21. The van der Waals surface area contributed by atoms with Crippen LogP contribution >= 0.6 is 0 Å². The van der Waals surface area contributed by atoms with Crippen LogP contribution in [0.4, 0.5) is 0 Å². The van der Waals surface area contributed by atoms with E-state index < -0.39 is 0 Å². The number of likely N-dealkylation sites (tertiary alicyclic amines) is 1. The van der Waals surface area contributed by atoms with Gasteiger partial charge in [0.15, 0.2) is 0 Å². The Kier molecular flexibility index (Phi) is 6.68. The quantitative estimate of drug-likeness (QED) is 0.810. The lowest BCUT2D eigenvalue weighted by molar-refractivity contribution is 0.174. The molecular weight excluding hydrogens is 258 g/mol. The average Bonchev–Trinajstić information content (AvgIpc) is 2.48. The Bertz CT molecular complexity index is 391. The molecule has 1 heterocycles. The highest BCUT2D eigenvalue weighted by Gasteiger charge is 2.27. The van der Waals surface area contributed by atoms with Crippen molar-refractivity contribution < 1.29 is 0 Å². The minimum Gasteiger partial charge on any atom is -0.329 e. The molecule has 1 aliphatic rings. The number of rotatable bonds is 7. The fourth-order valence-corrected chi connectivity index (χ4v) is 3.25. The molecule has 2 atom stereocenters. The fraction of sp³-hybridized carbons (Fsp3) is 0.667. The van der Waals surface area contributed by atoms with Gasteiger partial charge in [0, 0.05) is 32.2 Å². The Balaban J connectivity index is 1.95. The summed E-state index contributed by atoms with van der Waals surface area (Å²) in [5.41, 5.74) is 7.23. The van der Waals surface area contributed by atoms with Gasteiger partial charge < -0.3 is 11.1 Å². The predicted molar refractivity (Wildman–Crippen MR) is 90.5 cm³/mol. The highest BCUT2D eigenvalue weighted by Crippen LogP contribution is 2.26. The summed E-state index contributed by atoms with van der Waals surface area (Å²) in [5.74, 6) is 1.40. The second kappa shape index (κ2) is 8.52. The van der Waals surface area contributed by atoms with Crippen LogP contribution in [0.5, 0.6) is 0 Å². The molecule has 0 aliphatic carbocycles. The van der Waals surface area contributed by atoms with E-state index in [0.29, 0.717) is 12.0 Å². The van der Waals surface area contributed by atoms with Gasteiger partial charge in [-0.1, -0.05) is 44.2 Å². The number of benzene rings is 1. The van der Waals surface area contributed by atoms with Gasteiger partial charge in [0.05, 0.1) is 0 Å². The first-order valence-electron chi connectivity index (χ1n) is 8.39. The van der Waals surface area contributed by atoms with Gasteiger partial charge in [0.25, 0.3) is 0 Å². The van der Waals surface area contributed by atoms with Gasteiger partial charge in [-0.25, -0.2) is 0 Å². The third-order valence-corrected chi connectivity index (χ3v) is 4.40. The van der Waals surface area contributed by atoms with Gasteiger partial charge in [-0.2, -0.15) is 0 Å². The fourth-order valence-electron chi connectivity index (χ4n) is 3.25. The number of piperidine rings is 1. The zero-order valence-electron chi connectivity index (χ0n) is 13.6. The Morgan fingerprint density at radius 1 is 1.24 bits per heavy atom. The molecule has 1 saturated heterocycles. The zero-order valence-corrected chi connectivity index (χ0v) is 13.6. The molecule has 0 aromatic heterocycles. The van der Waals surface area contributed by atoms with Crippen LogP contribution in [0.2, 0.25) is 0 Å². The molecule has 1 fully saturated rings. The van der Waals surface area contributed by atoms with Crippen LogP contribution < -0.4 is 11.1 Å². The Hall–Kier alpha value is -0.900. The summed E-state index contributed by atoms with van der Waals surface area (Å²) in [6.45, 7) is 9.74. The lowest BCUT2D eigenvalue weighted by Gasteiger charge is -2.38. The number of nitrogens with two attached hydrogens (primary N) is 1. The van der Waals surface area contributed by atoms with Crippen molar-refractivity contribution in [2.24, 2.45) is 11.7 Å². The minimum absolute atomic E-state index is 0.592. The number of nitrogens with one attached hydrogen (secondary N) is 1. The van der Waals surface area contributed by atoms with E-state index in [-0.39, 0.29) is 0 Å². The molecule has 1 aliphatic heterocycles. The van der Waals surface area contributed by atoms with E-state index in [1.165, 1.54) is 18.4 Å². The summed E-state index contributed by atoms with van der Waals surface area (Å²) < 4.78 is 0. The summed E-state index contributed by atoms with van der Waals surface area (Å²) in [6.07, 6.45) is 2.49. The van der Waals surface area contributed by atoms with E-state index in [9.17, 15) is 0 Å². The van der Waals surface area contributed by atoms with Crippen molar-refractivity contribution in [1.82, 2.24) is 10.2 Å². The van der Waals surface area contributed by atoms with Crippen molar-refractivity contribution in [3.8, 4) is 0 Å². The first-order chi connectivity index (χ1) is 10.2. The average molecular weight is 289 g/mol. The van der Waals surface area contributed by atoms with Gasteiger partial charge in [0.1, 0.15) is 0 Å². The lowest BCUT2D eigenvalue weighted by atomic mass is 9.88. The van der Waals surface area contributed by atoms with Gasteiger partial charge in [-0.05, 0) is 36.8 Å². The third kappa shape index (κ3) is 5.42. The molecule has 1 aromatic rings. The van der Waals surface area contributed by atoms with E-state index in [1.54, 1.807) is 0 Å². The second-order valence-corrected chi connectivity index (χ2v) is 6.73. The molecule has 21 heavy (non-hydrogen) atoms. The van der Waals surface area contributed by atoms with Crippen LogP contribution in [-0.2, 0) is 0 Å². The summed E-state index contributed by atoms with van der Waals surface area (Å²) in [6, 6.07) is 11.5. The van der Waals surface area contributed by atoms with Crippen LogP contribution in [0, 0.1) is 5.92 Å². The number of hydrogen-bond donors (Lipinski definition) is 2. The number of nitrogens with zero attached hydrogens (tertiary/aromatic N) is 1. The largest absolute Gasteiger partial charge is 0.329 e. The highest BCUT2D eigenvalue weighted by atomic mass is 15.2. The van der Waals surface area contributed by atoms with Gasteiger partial charge >= 0.3 is 0 Å². The van der Waals surface area contributed by atoms with Crippen LogP contribution in [0.1, 0.15) is 38.2 Å². The monoisotopic (exact) mass is 289 g/mol. The molecule has 3 heteroatoms. The molecule has 0 spiro atoms. The van der Waals surface area contributed by atoms with Gasteiger partial charge in [-0.15, -0.1) is 0 Å². The molecule has 1 aromatic carbocycles. The standard InChI is InChI=1S/C18H31N3/c1-15(2)8-10-20-18-12-17(13-21(14-18)11-9-19)16-6-4-3-5-7-16/h3-7,15,17-18,20H,8-14,19H2,1-2H3. The predicted octanol–water partition coefficient (Wildman–Crippen LogP) is 2.44. The molecule has 0 radical (unpaired) electrons. The van der Waals surface area contributed by atoms with Crippen LogP contribution in [-0.4, -0.2) is 43.7 Å². The topological polar surface area (TPSA) is 41.3 Å². The zero-order chi connectivity index (χ0) is 15.1. The van der Waals surface area contributed by atoms with Gasteiger partial charge in [-0.3, -0.25) is 4.90 Å². The lowest BCUT2D eigenvalue weighted by Crippen LogP contribution is -2.50. The maximum atomic E-state index is 5.77. The van der Waals surface area contributed by atoms with E-state index in [0.717, 1.165) is 38.6 Å². The first-order valence-corrected chi connectivity index (χ1v) is 8.39. The minimum atomic E-state index is 0.592.